The maximum atomic E-state index is 12.7. The third-order valence-electron chi connectivity index (χ3n) is 6.26. The summed E-state index contributed by atoms with van der Waals surface area (Å²) in [7, 11) is 1.60. The molecule has 9 heteroatoms. The van der Waals surface area contributed by atoms with Crippen LogP contribution in [0.4, 0.5) is 10.5 Å². The number of hydrogen-bond donors (Lipinski definition) is 3. The van der Waals surface area contributed by atoms with Gasteiger partial charge in [0.2, 0.25) is 0 Å². The minimum absolute atomic E-state index is 0.0713. The average molecular weight is 477 g/mol. The molecule has 1 aliphatic rings. The molecule has 3 aromatic rings. The molecule has 0 saturated heterocycles. The highest BCUT2D eigenvalue weighted by molar-refractivity contribution is 6.01. The van der Waals surface area contributed by atoms with Crippen LogP contribution in [0.1, 0.15) is 47.3 Å². The van der Waals surface area contributed by atoms with Gasteiger partial charge in [0.25, 0.3) is 5.91 Å². The van der Waals surface area contributed by atoms with E-state index >= 15 is 0 Å². The van der Waals surface area contributed by atoms with Gasteiger partial charge in [0.15, 0.2) is 0 Å². The highest BCUT2D eigenvalue weighted by atomic mass is 16.5. The molecule has 0 radical (unpaired) electrons. The largest absolute Gasteiger partial charge is 0.481 e. The van der Waals surface area contributed by atoms with E-state index in [4.69, 9.17) is 9.84 Å². The molecule has 1 atom stereocenters. The summed E-state index contributed by atoms with van der Waals surface area (Å²) in [6, 6.07) is 16.2. The molecule has 0 aliphatic heterocycles. The summed E-state index contributed by atoms with van der Waals surface area (Å²) < 4.78 is 6.93. The molecule has 4 rings (SSSR count). The summed E-state index contributed by atoms with van der Waals surface area (Å²) in [5.41, 5.74) is 4.92. The maximum Gasteiger partial charge on any atom is 0.411 e. The quantitative estimate of drug-likeness (QED) is 0.401. The van der Waals surface area contributed by atoms with E-state index in [0.29, 0.717) is 19.4 Å². The van der Waals surface area contributed by atoms with Gasteiger partial charge >= 0.3 is 12.1 Å². The zero-order chi connectivity index (χ0) is 24.9. The molecule has 1 aromatic heterocycles. The Balaban J connectivity index is 1.36. The summed E-state index contributed by atoms with van der Waals surface area (Å²) in [5.74, 6) is -1.83. The summed E-state index contributed by atoms with van der Waals surface area (Å²) in [6.45, 7) is 2.09. The Bertz CT molecular complexity index is 1210. The van der Waals surface area contributed by atoms with Crippen LogP contribution in [0.2, 0.25) is 0 Å². The Labute approximate surface area is 203 Å². The van der Waals surface area contributed by atoms with Gasteiger partial charge in [-0.2, -0.15) is 5.10 Å². The molecule has 35 heavy (non-hydrogen) atoms. The van der Waals surface area contributed by atoms with E-state index in [2.05, 4.69) is 27.9 Å². The second-order valence-electron chi connectivity index (χ2n) is 8.62. The smallest absolute Gasteiger partial charge is 0.411 e. The van der Waals surface area contributed by atoms with Crippen LogP contribution in [0.25, 0.3) is 11.1 Å². The van der Waals surface area contributed by atoms with Crippen molar-refractivity contribution in [2.24, 2.45) is 13.0 Å². The molecule has 2 aromatic carbocycles. The van der Waals surface area contributed by atoms with Crippen LogP contribution in [0.15, 0.2) is 54.7 Å². The first-order valence-electron chi connectivity index (χ1n) is 11.5. The van der Waals surface area contributed by atoms with E-state index in [0.717, 1.165) is 22.3 Å². The molecular weight excluding hydrogens is 448 g/mol. The molecular formula is C26H28N4O5. The third kappa shape index (κ3) is 5.18. The van der Waals surface area contributed by atoms with Gasteiger partial charge in [-0.3, -0.25) is 19.6 Å². The minimum Gasteiger partial charge on any atom is -0.481 e. The molecule has 182 valence electrons. The van der Waals surface area contributed by atoms with Crippen molar-refractivity contribution in [1.29, 1.82) is 0 Å². The van der Waals surface area contributed by atoms with Gasteiger partial charge in [-0.15, -0.1) is 0 Å². The van der Waals surface area contributed by atoms with Crippen molar-refractivity contribution in [1.82, 2.24) is 15.1 Å². The molecule has 1 aliphatic carbocycles. The number of carbonyl (C=O) groups is 3. The lowest BCUT2D eigenvalue weighted by Crippen LogP contribution is -2.28. The number of aryl methyl sites for hydroxylation is 1. The standard InChI is InChI=1S/C26H28N4O5/c1-16(25(32)33)8-7-13-27-24(31)23-22(14-28-30(23)2)29-26(34)35-15-21-19-11-5-3-9-17(19)18-10-4-6-12-20(18)21/h3-6,9-12,14,16,21H,7-8,13,15H2,1-2H3,(H,27,31)(H,29,34)(H,32,33). The van der Waals surface area contributed by atoms with Gasteiger partial charge in [0.05, 0.1) is 17.8 Å². The Morgan fingerprint density at radius 2 is 1.71 bits per heavy atom. The minimum atomic E-state index is -0.863. The van der Waals surface area contributed by atoms with E-state index < -0.39 is 23.9 Å². The number of aromatic nitrogens is 2. The maximum absolute atomic E-state index is 12.7. The van der Waals surface area contributed by atoms with Crippen LogP contribution in [-0.4, -0.2) is 46.0 Å². The summed E-state index contributed by atoms with van der Waals surface area (Å²) >= 11 is 0. The van der Waals surface area contributed by atoms with E-state index in [9.17, 15) is 14.4 Å². The van der Waals surface area contributed by atoms with Crippen LogP contribution in [0.5, 0.6) is 0 Å². The van der Waals surface area contributed by atoms with E-state index in [1.54, 1.807) is 14.0 Å². The van der Waals surface area contributed by atoms with Gasteiger partial charge in [0.1, 0.15) is 12.3 Å². The summed E-state index contributed by atoms with van der Waals surface area (Å²) in [5, 5.41) is 18.4. The molecule has 2 amide bonds. The van der Waals surface area contributed by atoms with Crippen LogP contribution in [0.3, 0.4) is 0 Å². The van der Waals surface area contributed by atoms with Crippen molar-refractivity contribution in [2.45, 2.75) is 25.7 Å². The van der Waals surface area contributed by atoms with Gasteiger partial charge in [-0.25, -0.2) is 4.79 Å². The molecule has 0 bridgehead atoms. The Hall–Kier alpha value is -4.14. The highest BCUT2D eigenvalue weighted by Crippen LogP contribution is 2.44. The first kappa shape index (κ1) is 24.0. The monoisotopic (exact) mass is 476 g/mol. The van der Waals surface area contributed by atoms with Gasteiger partial charge < -0.3 is 15.2 Å². The van der Waals surface area contributed by atoms with Crippen LogP contribution >= 0.6 is 0 Å². The number of benzene rings is 2. The van der Waals surface area contributed by atoms with Crippen LogP contribution < -0.4 is 10.6 Å². The second kappa shape index (κ2) is 10.4. The Morgan fingerprint density at radius 1 is 1.09 bits per heavy atom. The number of anilines is 1. The highest BCUT2D eigenvalue weighted by Gasteiger charge is 2.29. The fourth-order valence-corrected chi connectivity index (χ4v) is 4.36. The number of carbonyl (C=O) groups excluding carboxylic acids is 2. The Morgan fingerprint density at radius 3 is 2.34 bits per heavy atom. The first-order valence-corrected chi connectivity index (χ1v) is 11.5. The lowest BCUT2D eigenvalue weighted by molar-refractivity contribution is -0.141. The van der Waals surface area contributed by atoms with Gasteiger partial charge in [-0.05, 0) is 35.1 Å². The second-order valence-corrected chi connectivity index (χ2v) is 8.62. The number of hydrogen-bond acceptors (Lipinski definition) is 5. The van der Waals surface area contributed by atoms with E-state index in [1.807, 2.05) is 36.4 Å². The fraction of sp³-hybridized carbons (Fsp3) is 0.308. The van der Waals surface area contributed by atoms with E-state index in [1.165, 1.54) is 10.9 Å². The first-order chi connectivity index (χ1) is 16.9. The summed E-state index contributed by atoms with van der Waals surface area (Å²) in [6.07, 6.45) is 1.69. The Kier molecular flexibility index (Phi) is 7.14. The number of amides is 2. The van der Waals surface area contributed by atoms with Crippen LogP contribution in [0, 0.1) is 5.92 Å². The molecule has 0 saturated carbocycles. The third-order valence-corrected chi connectivity index (χ3v) is 6.26. The van der Waals surface area contributed by atoms with Gasteiger partial charge in [-0.1, -0.05) is 55.5 Å². The van der Waals surface area contributed by atoms with E-state index in [-0.39, 0.29) is 23.9 Å². The lowest BCUT2D eigenvalue weighted by Gasteiger charge is -2.15. The predicted molar refractivity (Wildman–Crippen MR) is 130 cm³/mol. The van der Waals surface area contributed by atoms with Crippen molar-refractivity contribution in [3.8, 4) is 11.1 Å². The number of rotatable bonds is 9. The predicted octanol–water partition coefficient (Wildman–Crippen LogP) is 4.01. The average Bonchev–Trinajstić information content (AvgIpc) is 3.37. The number of fused-ring (bicyclic) bond motifs is 3. The summed E-state index contributed by atoms with van der Waals surface area (Å²) in [4.78, 5) is 36.2. The van der Waals surface area contributed by atoms with Crippen molar-refractivity contribution < 1.29 is 24.2 Å². The van der Waals surface area contributed by atoms with Gasteiger partial charge in [0, 0.05) is 19.5 Å². The number of carboxylic acid groups (broad SMARTS) is 1. The number of nitrogens with one attached hydrogen (secondary N) is 2. The number of ether oxygens (including phenoxy) is 1. The topological polar surface area (TPSA) is 123 Å². The lowest BCUT2D eigenvalue weighted by atomic mass is 9.98. The molecule has 0 spiro atoms. The zero-order valence-electron chi connectivity index (χ0n) is 19.7. The van der Waals surface area contributed by atoms with Crippen molar-refractivity contribution >= 4 is 23.7 Å². The number of carboxylic acids is 1. The van der Waals surface area contributed by atoms with Crippen molar-refractivity contribution in [2.75, 3.05) is 18.5 Å². The van der Waals surface area contributed by atoms with Crippen molar-refractivity contribution in [3.05, 3.63) is 71.5 Å². The molecule has 3 N–H and O–H groups in total. The SMILES string of the molecule is CC(CCCNC(=O)c1c(NC(=O)OCC2c3ccccc3-c3ccccc32)cnn1C)C(=O)O. The fourth-order valence-electron chi connectivity index (χ4n) is 4.36. The number of nitrogens with zero attached hydrogens (tertiary/aromatic N) is 2. The zero-order valence-corrected chi connectivity index (χ0v) is 19.7. The molecule has 0 fully saturated rings. The molecule has 1 unspecified atom stereocenters. The van der Waals surface area contributed by atoms with Crippen LogP contribution in [-0.2, 0) is 16.6 Å². The van der Waals surface area contributed by atoms with Crippen molar-refractivity contribution in [3.63, 3.8) is 0 Å². The molecule has 9 nitrogen and oxygen atoms in total. The normalized spacial score (nSPS) is 13.0. The number of aliphatic carboxylic acids is 1. The molecule has 1 heterocycles.